The van der Waals surface area contributed by atoms with Gasteiger partial charge < -0.3 is 0 Å². The molecule has 1 amide bonds. The van der Waals surface area contributed by atoms with Crippen LogP contribution in [0.1, 0.15) is 77.0 Å². The Morgan fingerprint density at radius 1 is 1.21 bits per heavy atom. The highest BCUT2D eigenvalue weighted by Gasteiger charge is 2.39. The van der Waals surface area contributed by atoms with Crippen molar-refractivity contribution in [2.45, 2.75) is 45.8 Å². The molecule has 4 rings (SSSR count). The number of aromatic nitrogens is 2. The summed E-state index contributed by atoms with van der Waals surface area (Å²) in [5.74, 6) is -5.04. The summed E-state index contributed by atoms with van der Waals surface area (Å²) in [7, 11) is 0. The van der Waals surface area contributed by atoms with E-state index < -0.39 is 63.4 Å². The molecule has 29 heavy (non-hydrogen) atoms. The summed E-state index contributed by atoms with van der Waals surface area (Å²) in [6, 6.07) is 11.0. The topological polar surface area (TPSA) is 63.2 Å². The molecule has 1 aliphatic rings. The van der Waals surface area contributed by atoms with Gasteiger partial charge in [-0.15, -0.1) is 0 Å². The summed E-state index contributed by atoms with van der Waals surface area (Å²) in [6.45, 7) is -9.37. The molecule has 0 radical (unpaired) electrons. The fraction of sp³-hybridized carbons (Fsp3) is 0.333. The molecule has 0 fully saturated rings. The molecular formula is C24H25N3O2. The molecule has 3 heterocycles. The highest BCUT2D eigenvalue weighted by molar-refractivity contribution is 6.11. The molecule has 3 aromatic rings. The first-order valence-electron chi connectivity index (χ1n) is 14.9. The van der Waals surface area contributed by atoms with Gasteiger partial charge in [-0.2, -0.15) is 0 Å². The minimum atomic E-state index is -3.43. The van der Waals surface area contributed by atoms with Gasteiger partial charge in [-0.1, -0.05) is 31.9 Å². The molecule has 148 valence electrons. The van der Waals surface area contributed by atoms with Crippen molar-refractivity contribution < 1.29 is 26.0 Å². The number of carbonyl (C=O) groups excluding carboxylic acids is 2. The second kappa shape index (κ2) is 7.74. The van der Waals surface area contributed by atoms with Crippen molar-refractivity contribution in [1.29, 1.82) is 0 Å². The van der Waals surface area contributed by atoms with Gasteiger partial charge in [0.05, 0.1) is 6.04 Å². The molecule has 0 spiro atoms. The summed E-state index contributed by atoms with van der Waals surface area (Å²) in [5, 5.41) is 0.482. The van der Waals surface area contributed by atoms with Crippen LogP contribution in [0, 0.1) is 12.7 Å². The van der Waals surface area contributed by atoms with Gasteiger partial charge in [-0.3, -0.25) is 14.5 Å². The third-order valence-electron chi connectivity index (χ3n) is 4.71. The van der Waals surface area contributed by atoms with Gasteiger partial charge in [0.1, 0.15) is 11.6 Å². The number of pyridine rings is 2. The number of hydrogen-bond acceptors (Lipinski definition) is 4. The summed E-state index contributed by atoms with van der Waals surface area (Å²) >= 11 is 0. The number of nitrogens with zero attached hydrogens (tertiary/aromatic N) is 3. The van der Waals surface area contributed by atoms with Crippen LogP contribution >= 0.6 is 0 Å². The van der Waals surface area contributed by atoms with Crippen LogP contribution in [-0.4, -0.2) is 21.7 Å². The van der Waals surface area contributed by atoms with Crippen LogP contribution in [0.15, 0.2) is 48.5 Å². The summed E-state index contributed by atoms with van der Waals surface area (Å²) in [6.07, 6.45) is -5.16. The van der Waals surface area contributed by atoms with Gasteiger partial charge in [0.2, 0.25) is 0 Å². The normalized spacial score (nSPS) is 24.2. The number of ketones is 1. The van der Waals surface area contributed by atoms with Gasteiger partial charge >= 0.3 is 0 Å². The molecule has 1 aliphatic heterocycles. The fourth-order valence-corrected chi connectivity index (χ4v) is 3.42. The van der Waals surface area contributed by atoms with Crippen LogP contribution in [0.3, 0.4) is 0 Å². The zero-order chi connectivity index (χ0) is 30.8. The second-order valence-corrected chi connectivity index (χ2v) is 6.65. The summed E-state index contributed by atoms with van der Waals surface area (Å²) in [4.78, 5) is 36.4. The number of benzene rings is 1. The van der Waals surface area contributed by atoms with Crippen LogP contribution in [0.4, 0.5) is 5.82 Å². The minimum absolute atomic E-state index is 0.00655. The Labute approximate surface area is 187 Å². The lowest BCUT2D eigenvalue weighted by Gasteiger charge is -2.24. The van der Waals surface area contributed by atoms with Gasteiger partial charge in [0.15, 0.2) is 5.65 Å². The molecule has 1 atom stereocenters. The monoisotopic (exact) mass is 399 g/mol. The number of Topliss-reactive ketones (excluding diaryl/α,β-unsaturated/α-hetero) is 1. The molecule has 1 aromatic carbocycles. The van der Waals surface area contributed by atoms with E-state index in [0.29, 0.717) is 10.9 Å². The maximum Gasteiger partial charge on any atom is 0.260 e. The van der Waals surface area contributed by atoms with Crippen molar-refractivity contribution in [2.75, 3.05) is 4.90 Å². The Kier molecular flexibility index (Phi) is 2.57. The first kappa shape index (κ1) is 9.61. The van der Waals surface area contributed by atoms with Gasteiger partial charge in [-0.05, 0) is 55.1 Å². The average Bonchev–Trinajstić information content (AvgIpc) is 3.12. The van der Waals surface area contributed by atoms with E-state index in [1.54, 1.807) is 24.3 Å². The summed E-state index contributed by atoms with van der Waals surface area (Å²) < 4.78 is 93.1. The quantitative estimate of drug-likeness (QED) is 0.583. The Balaban J connectivity index is 1.74. The maximum atomic E-state index is 13.5. The highest BCUT2D eigenvalue weighted by Crippen LogP contribution is 2.39. The van der Waals surface area contributed by atoms with E-state index in [9.17, 15) is 9.59 Å². The Bertz CT molecular complexity index is 1500. The molecular weight excluding hydrogens is 362 g/mol. The molecule has 0 saturated carbocycles. The van der Waals surface area contributed by atoms with E-state index in [-0.39, 0.29) is 22.7 Å². The van der Waals surface area contributed by atoms with Crippen molar-refractivity contribution in [3.05, 3.63) is 65.4 Å². The number of aryl methyl sites for hydroxylation is 1. The van der Waals surface area contributed by atoms with E-state index in [1.807, 2.05) is 0 Å². The average molecular weight is 400 g/mol. The largest absolute Gasteiger partial charge is 0.300 e. The second-order valence-electron chi connectivity index (χ2n) is 6.65. The predicted octanol–water partition coefficient (Wildman–Crippen LogP) is 5.04. The zero-order valence-corrected chi connectivity index (χ0v) is 15.3. The molecule has 0 unspecified atom stereocenters. The van der Waals surface area contributed by atoms with E-state index in [1.165, 1.54) is 24.3 Å². The van der Waals surface area contributed by atoms with Crippen molar-refractivity contribution in [1.82, 2.24) is 9.97 Å². The fourth-order valence-electron chi connectivity index (χ4n) is 3.42. The van der Waals surface area contributed by atoms with E-state index in [4.69, 9.17) is 16.4 Å². The Morgan fingerprint density at radius 3 is 2.86 bits per heavy atom. The maximum absolute atomic E-state index is 13.5. The van der Waals surface area contributed by atoms with Crippen molar-refractivity contribution >= 4 is 28.5 Å². The molecule has 5 heteroatoms. The van der Waals surface area contributed by atoms with Crippen LogP contribution in [-0.2, 0) is 4.79 Å². The van der Waals surface area contributed by atoms with Gasteiger partial charge in [0.25, 0.3) is 5.91 Å². The standard InChI is InChI=1S/C24H25N3O2/c1-15(2)8-12-18(28)14-21-19-6-4-5-7-20(19)24(29)27(21)22-13-11-17-10-9-16(3)25-23(17)26-22/h4-7,9-11,13,15,21H,8,12,14H2,1-3H3/t21-/m0/s1/i1D3,2D3,3D3,12D2,15D. The summed E-state index contributed by atoms with van der Waals surface area (Å²) in [5.41, 5.74) is 0.371. The lowest BCUT2D eigenvalue weighted by Crippen LogP contribution is -2.30. The molecule has 0 aliphatic carbocycles. The third kappa shape index (κ3) is 3.77. The van der Waals surface area contributed by atoms with Crippen LogP contribution in [0.25, 0.3) is 11.0 Å². The first-order valence-corrected chi connectivity index (χ1v) is 8.91. The zero-order valence-electron chi connectivity index (χ0n) is 27.3. The number of anilines is 1. The van der Waals surface area contributed by atoms with Crippen LogP contribution < -0.4 is 4.90 Å². The molecule has 2 aromatic heterocycles. The Hall–Kier alpha value is -3.08. The van der Waals surface area contributed by atoms with Crippen molar-refractivity contribution in [3.63, 3.8) is 0 Å². The predicted molar refractivity (Wildman–Crippen MR) is 114 cm³/mol. The van der Waals surface area contributed by atoms with Crippen LogP contribution in [0.2, 0.25) is 0 Å². The van der Waals surface area contributed by atoms with Gasteiger partial charge in [0, 0.05) is 45.9 Å². The minimum Gasteiger partial charge on any atom is -0.300 e. The lowest BCUT2D eigenvalue weighted by molar-refractivity contribution is -0.119. The molecule has 0 N–H and O–H groups in total. The first-order chi connectivity index (χ1) is 18.7. The third-order valence-corrected chi connectivity index (χ3v) is 4.71. The smallest absolute Gasteiger partial charge is 0.260 e. The number of carbonyl (C=O) groups is 2. The number of amides is 1. The van der Waals surface area contributed by atoms with E-state index in [0.717, 1.165) is 4.90 Å². The SMILES string of the molecule is [2H]C([2H])(CC([2H])(C([2H])([2H])[2H])C([2H])([2H])[2H])C(=O)C[C@H]1c2ccccc2C(=O)N1c1ccc2ccc(C([2H])([2H])[2H])nc2n1. The number of rotatable bonds is 6. The molecule has 0 bridgehead atoms. The van der Waals surface area contributed by atoms with Gasteiger partial charge in [-0.25, -0.2) is 9.97 Å². The number of hydrogen-bond donors (Lipinski definition) is 0. The van der Waals surface area contributed by atoms with E-state index in [2.05, 4.69) is 9.97 Å². The van der Waals surface area contributed by atoms with Crippen molar-refractivity contribution in [2.24, 2.45) is 5.89 Å². The van der Waals surface area contributed by atoms with Crippen LogP contribution in [0.5, 0.6) is 0 Å². The van der Waals surface area contributed by atoms with E-state index >= 15 is 0 Å². The number of fused-ring (bicyclic) bond motifs is 2. The molecule has 5 nitrogen and oxygen atoms in total. The highest BCUT2D eigenvalue weighted by atomic mass is 16.2. The lowest BCUT2D eigenvalue weighted by atomic mass is 9.97. The van der Waals surface area contributed by atoms with Crippen molar-refractivity contribution in [3.8, 4) is 0 Å². The molecule has 0 saturated heterocycles. The Morgan fingerprint density at radius 2 is 2.03 bits per heavy atom.